The van der Waals surface area contributed by atoms with Crippen molar-refractivity contribution in [1.29, 1.82) is 0 Å². The lowest BCUT2D eigenvalue weighted by Crippen LogP contribution is -2.50. The molecule has 3 saturated heterocycles. The van der Waals surface area contributed by atoms with Crippen molar-refractivity contribution in [3.05, 3.63) is 0 Å². The third-order valence-corrected chi connectivity index (χ3v) is 6.47. The Bertz CT molecular complexity index is 476. The van der Waals surface area contributed by atoms with E-state index in [1.807, 2.05) is 6.92 Å². The van der Waals surface area contributed by atoms with Crippen LogP contribution in [0.25, 0.3) is 0 Å². The van der Waals surface area contributed by atoms with Crippen LogP contribution >= 0.6 is 0 Å². The fourth-order valence-electron chi connectivity index (χ4n) is 3.61. The maximum atomic E-state index is 12.3. The summed E-state index contributed by atoms with van der Waals surface area (Å²) in [7, 11) is -2.96. The lowest BCUT2D eigenvalue weighted by molar-refractivity contribution is -0.127. The number of hydrogen-bond acceptors (Lipinski definition) is 4. The summed E-state index contributed by atoms with van der Waals surface area (Å²) in [4.78, 5) is 12.3. The van der Waals surface area contributed by atoms with Crippen LogP contribution in [0.2, 0.25) is 0 Å². The number of amides is 1. The molecular weight excluding hydrogens is 252 g/mol. The van der Waals surface area contributed by atoms with Gasteiger partial charge in [-0.2, -0.15) is 0 Å². The third kappa shape index (κ3) is 2.16. The molecule has 2 bridgehead atoms. The lowest BCUT2D eigenvalue weighted by atomic mass is 9.87. The fourth-order valence-corrected chi connectivity index (χ4v) is 5.71. The summed E-state index contributed by atoms with van der Waals surface area (Å²) in [5.41, 5.74) is -0.558. The van der Waals surface area contributed by atoms with Crippen molar-refractivity contribution in [1.82, 2.24) is 10.6 Å². The molecule has 5 nitrogen and oxygen atoms in total. The molecule has 0 radical (unpaired) electrons. The monoisotopic (exact) mass is 272 g/mol. The summed E-state index contributed by atoms with van der Waals surface area (Å²) in [6, 6.07) is 0.794. The first kappa shape index (κ1) is 12.4. The van der Waals surface area contributed by atoms with Gasteiger partial charge in [-0.3, -0.25) is 4.79 Å². The average Bonchev–Trinajstić information content (AvgIpc) is 2.92. The second-order valence-corrected chi connectivity index (χ2v) is 8.47. The second-order valence-electron chi connectivity index (χ2n) is 6.28. The van der Waals surface area contributed by atoms with Crippen molar-refractivity contribution in [2.45, 2.75) is 50.2 Å². The molecule has 3 fully saturated rings. The van der Waals surface area contributed by atoms with Gasteiger partial charge >= 0.3 is 0 Å². The minimum absolute atomic E-state index is 0.0314. The molecule has 0 aromatic rings. The highest BCUT2D eigenvalue weighted by Gasteiger charge is 2.46. The molecule has 4 unspecified atom stereocenters. The normalized spacial score (nSPS) is 45.3. The SMILES string of the molecule is CC1(NC(=O)C2CC3CCC2N3)CCS(=O)(=O)C1. The van der Waals surface area contributed by atoms with E-state index in [4.69, 9.17) is 0 Å². The molecule has 4 atom stereocenters. The highest BCUT2D eigenvalue weighted by molar-refractivity contribution is 7.91. The molecule has 0 aromatic carbocycles. The van der Waals surface area contributed by atoms with E-state index in [1.165, 1.54) is 6.42 Å². The van der Waals surface area contributed by atoms with Crippen molar-refractivity contribution >= 4 is 15.7 Å². The van der Waals surface area contributed by atoms with Crippen molar-refractivity contribution < 1.29 is 13.2 Å². The van der Waals surface area contributed by atoms with Crippen LogP contribution < -0.4 is 10.6 Å². The predicted octanol–water partition coefficient (Wildman–Crippen LogP) is -0.180. The molecule has 102 valence electrons. The molecule has 18 heavy (non-hydrogen) atoms. The van der Waals surface area contributed by atoms with Gasteiger partial charge in [0.25, 0.3) is 0 Å². The maximum absolute atomic E-state index is 12.3. The van der Waals surface area contributed by atoms with Gasteiger partial charge in [-0.15, -0.1) is 0 Å². The highest BCUT2D eigenvalue weighted by atomic mass is 32.2. The third-order valence-electron chi connectivity index (χ3n) is 4.57. The van der Waals surface area contributed by atoms with E-state index in [9.17, 15) is 13.2 Å². The zero-order chi connectivity index (χ0) is 13.0. The van der Waals surface area contributed by atoms with Gasteiger partial charge in [-0.25, -0.2) is 8.42 Å². The Hall–Kier alpha value is -0.620. The van der Waals surface area contributed by atoms with Gasteiger partial charge in [0.2, 0.25) is 5.91 Å². The maximum Gasteiger partial charge on any atom is 0.225 e. The first-order valence-corrected chi connectivity index (χ1v) is 8.48. The van der Waals surface area contributed by atoms with Crippen LogP contribution in [-0.4, -0.2) is 43.5 Å². The number of hydrogen-bond donors (Lipinski definition) is 2. The van der Waals surface area contributed by atoms with E-state index in [2.05, 4.69) is 10.6 Å². The Morgan fingerprint density at radius 2 is 2.17 bits per heavy atom. The largest absolute Gasteiger partial charge is 0.350 e. The first-order valence-electron chi connectivity index (χ1n) is 6.65. The van der Waals surface area contributed by atoms with Crippen molar-refractivity contribution in [3.8, 4) is 0 Å². The van der Waals surface area contributed by atoms with Crippen LogP contribution in [0, 0.1) is 5.92 Å². The fraction of sp³-hybridized carbons (Fsp3) is 0.917. The summed E-state index contributed by atoms with van der Waals surface area (Å²) < 4.78 is 23.0. The predicted molar refractivity (Wildman–Crippen MR) is 67.9 cm³/mol. The summed E-state index contributed by atoms with van der Waals surface area (Å²) in [5.74, 6) is 0.344. The molecule has 0 spiro atoms. The lowest BCUT2D eigenvalue weighted by Gasteiger charge is -2.28. The summed E-state index contributed by atoms with van der Waals surface area (Å²) in [6.07, 6.45) is 3.67. The molecule has 3 rings (SSSR count). The molecule has 3 aliphatic rings. The van der Waals surface area contributed by atoms with E-state index < -0.39 is 15.4 Å². The van der Waals surface area contributed by atoms with E-state index in [0.717, 1.165) is 12.8 Å². The molecule has 0 aromatic heterocycles. The molecule has 3 heterocycles. The molecule has 0 saturated carbocycles. The Balaban J connectivity index is 1.65. The number of carbonyl (C=O) groups excluding carboxylic acids is 1. The average molecular weight is 272 g/mol. The van der Waals surface area contributed by atoms with Gasteiger partial charge < -0.3 is 10.6 Å². The zero-order valence-electron chi connectivity index (χ0n) is 10.6. The minimum Gasteiger partial charge on any atom is -0.350 e. The number of sulfone groups is 1. The minimum atomic E-state index is -2.96. The number of carbonyl (C=O) groups is 1. The summed E-state index contributed by atoms with van der Waals surface area (Å²) >= 11 is 0. The van der Waals surface area contributed by atoms with Gasteiger partial charge in [-0.05, 0) is 32.6 Å². The molecule has 1 amide bonds. The smallest absolute Gasteiger partial charge is 0.225 e. The van der Waals surface area contributed by atoms with E-state index in [1.54, 1.807) is 0 Å². The Labute approximate surface area is 108 Å². The van der Waals surface area contributed by atoms with Crippen molar-refractivity contribution in [2.24, 2.45) is 5.92 Å². The molecule has 0 aliphatic carbocycles. The Morgan fingerprint density at radius 1 is 1.39 bits per heavy atom. The van der Waals surface area contributed by atoms with Crippen LogP contribution in [0.4, 0.5) is 0 Å². The van der Waals surface area contributed by atoms with E-state index >= 15 is 0 Å². The van der Waals surface area contributed by atoms with Crippen LogP contribution in [-0.2, 0) is 14.6 Å². The molecule has 2 N–H and O–H groups in total. The summed E-state index contributed by atoms with van der Waals surface area (Å²) in [5, 5.41) is 6.41. The molecular formula is C12H20N2O3S. The second kappa shape index (κ2) is 3.93. The first-order chi connectivity index (χ1) is 8.37. The Kier molecular flexibility index (Phi) is 2.71. The van der Waals surface area contributed by atoms with Crippen molar-refractivity contribution in [2.75, 3.05) is 11.5 Å². The van der Waals surface area contributed by atoms with Crippen LogP contribution in [0.15, 0.2) is 0 Å². The standard InChI is InChI=1S/C12H20N2O3S/c1-12(4-5-18(16,17)7-12)14-11(15)9-6-8-2-3-10(9)13-8/h8-10,13H,2-7H2,1H3,(H,14,15). The Morgan fingerprint density at radius 3 is 2.67 bits per heavy atom. The quantitative estimate of drug-likeness (QED) is 0.731. The van der Waals surface area contributed by atoms with E-state index in [-0.39, 0.29) is 23.3 Å². The number of fused-ring (bicyclic) bond motifs is 2. The van der Waals surface area contributed by atoms with Gasteiger partial charge in [-0.1, -0.05) is 0 Å². The number of nitrogens with one attached hydrogen (secondary N) is 2. The zero-order valence-corrected chi connectivity index (χ0v) is 11.4. The summed E-state index contributed by atoms with van der Waals surface area (Å²) in [6.45, 7) is 1.84. The van der Waals surface area contributed by atoms with Gasteiger partial charge in [0, 0.05) is 12.1 Å². The van der Waals surface area contributed by atoms with Crippen LogP contribution in [0.5, 0.6) is 0 Å². The molecule has 6 heteroatoms. The van der Waals surface area contributed by atoms with Crippen LogP contribution in [0.3, 0.4) is 0 Å². The van der Waals surface area contributed by atoms with E-state index in [0.29, 0.717) is 18.5 Å². The topological polar surface area (TPSA) is 75.3 Å². The van der Waals surface area contributed by atoms with Crippen LogP contribution in [0.1, 0.15) is 32.6 Å². The molecule has 3 aliphatic heterocycles. The van der Waals surface area contributed by atoms with Gasteiger partial charge in [0.05, 0.1) is 23.0 Å². The van der Waals surface area contributed by atoms with Gasteiger partial charge in [0.15, 0.2) is 9.84 Å². The number of rotatable bonds is 2. The van der Waals surface area contributed by atoms with Gasteiger partial charge in [0.1, 0.15) is 0 Å². The van der Waals surface area contributed by atoms with Crippen molar-refractivity contribution in [3.63, 3.8) is 0 Å². The highest BCUT2D eigenvalue weighted by Crippen LogP contribution is 2.34.